The minimum Gasteiger partial charge on any atom is -0.738 e. The van der Waals surface area contributed by atoms with Crippen molar-refractivity contribution in [3.05, 3.63) is 11.4 Å². The van der Waals surface area contributed by atoms with Crippen LogP contribution in [0.15, 0.2) is 5.16 Å². The van der Waals surface area contributed by atoms with Crippen LogP contribution < -0.4 is 51.4 Å². The van der Waals surface area contributed by atoms with E-state index in [4.69, 9.17) is 0 Å². The predicted molar refractivity (Wildman–Crippen MR) is 34.9 cm³/mol. The van der Waals surface area contributed by atoms with E-state index in [0.717, 1.165) is 11.4 Å². The summed E-state index contributed by atoms with van der Waals surface area (Å²) in [6.45, 7) is 3.71. The number of nitrogens with zero attached hydrogens (tertiary/aromatic N) is 3. The van der Waals surface area contributed by atoms with Gasteiger partial charge >= 0.3 is 51.4 Å². The average molecular weight is 179 g/mol. The summed E-state index contributed by atoms with van der Waals surface area (Å²) in [6.07, 6.45) is 0. The van der Waals surface area contributed by atoms with Gasteiger partial charge in [-0.2, -0.15) is 10.2 Å². The molecule has 0 saturated carbocycles. The van der Waals surface area contributed by atoms with Crippen LogP contribution in [0.5, 0.6) is 0 Å². The van der Waals surface area contributed by atoms with Gasteiger partial charge in [0.2, 0.25) is 0 Å². The fraction of sp³-hybridized carbons (Fsp3) is 0.400. The largest absolute Gasteiger partial charge is 1.00 e. The average Bonchev–Trinajstić information content (AvgIpc) is 1.80. The van der Waals surface area contributed by atoms with Crippen LogP contribution >= 0.6 is 0 Å². The Morgan fingerprint density at radius 2 is 1.70 bits per heavy atom. The van der Waals surface area contributed by atoms with Crippen molar-refractivity contribution in [3.63, 3.8) is 0 Å². The van der Waals surface area contributed by atoms with Crippen molar-refractivity contribution in [3.8, 4) is 0 Å². The van der Waals surface area contributed by atoms with Crippen molar-refractivity contribution in [2.24, 2.45) is 0 Å². The van der Waals surface area contributed by atoms with Crippen LogP contribution in [-0.4, -0.2) is 15.2 Å². The topological polar surface area (TPSA) is 38.7 Å². The minimum absolute atomic E-state index is 0. The molecule has 3 nitrogen and oxygen atoms in total. The van der Waals surface area contributed by atoms with Gasteiger partial charge in [-0.1, -0.05) is 0 Å². The van der Waals surface area contributed by atoms with Crippen LogP contribution in [0.1, 0.15) is 11.4 Å². The first-order valence-corrected chi connectivity index (χ1v) is 2.96. The first-order chi connectivity index (χ1) is 4.20. The van der Waals surface area contributed by atoms with Crippen molar-refractivity contribution in [2.75, 3.05) is 0 Å². The van der Waals surface area contributed by atoms with Crippen LogP contribution in [0.2, 0.25) is 0 Å². The third kappa shape index (κ3) is 2.85. The molecular weight excluding hydrogens is 173 g/mol. The van der Waals surface area contributed by atoms with E-state index in [1.54, 1.807) is 0 Å². The SMILES string of the molecule is Cc1nnc([S-])nc1C.[K+]. The first kappa shape index (κ1) is 10.9. The molecule has 5 heteroatoms. The van der Waals surface area contributed by atoms with Crippen LogP contribution in [0, 0.1) is 13.8 Å². The van der Waals surface area contributed by atoms with E-state index in [9.17, 15) is 0 Å². The molecular formula is C5H6KN3S. The molecule has 0 fully saturated rings. The molecule has 1 aromatic rings. The summed E-state index contributed by atoms with van der Waals surface area (Å²) in [5, 5.41) is 7.67. The van der Waals surface area contributed by atoms with E-state index in [1.807, 2.05) is 13.8 Å². The Hall–Kier alpha value is 0.866. The van der Waals surface area contributed by atoms with Gasteiger partial charge in [-0.3, -0.25) is 4.98 Å². The first-order valence-electron chi connectivity index (χ1n) is 2.55. The van der Waals surface area contributed by atoms with Crippen LogP contribution in [0.3, 0.4) is 0 Å². The second-order valence-electron chi connectivity index (χ2n) is 1.77. The Morgan fingerprint density at radius 1 is 1.10 bits per heavy atom. The minimum atomic E-state index is 0. The second kappa shape index (κ2) is 4.69. The van der Waals surface area contributed by atoms with Gasteiger partial charge in [-0.15, -0.1) is 0 Å². The molecule has 0 spiro atoms. The van der Waals surface area contributed by atoms with Gasteiger partial charge in [-0.05, 0) is 13.8 Å². The number of hydrogen-bond acceptors (Lipinski definition) is 4. The van der Waals surface area contributed by atoms with E-state index in [1.165, 1.54) is 0 Å². The molecule has 1 heterocycles. The number of aryl methyl sites for hydroxylation is 2. The maximum absolute atomic E-state index is 4.67. The smallest absolute Gasteiger partial charge is 0.738 e. The summed E-state index contributed by atoms with van der Waals surface area (Å²) < 4.78 is 0. The van der Waals surface area contributed by atoms with E-state index >= 15 is 0 Å². The Bertz CT molecular complexity index is 228. The zero-order valence-electron chi connectivity index (χ0n) is 6.25. The fourth-order valence-electron chi connectivity index (χ4n) is 0.437. The van der Waals surface area contributed by atoms with Crippen molar-refractivity contribution in [1.29, 1.82) is 0 Å². The van der Waals surface area contributed by atoms with Gasteiger partial charge in [-0.25, -0.2) is 0 Å². The van der Waals surface area contributed by atoms with Gasteiger partial charge in [0.25, 0.3) is 0 Å². The molecule has 48 valence electrons. The Kier molecular flexibility index (Phi) is 5.09. The van der Waals surface area contributed by atoms with Crippen LogP contribution in [0.25, 0.3) is 0 Å². The molecule has 0 unspecified atom stereocenters. The monoisotopic (exact) mass is 179 g/mol. The zero-order chi connectivity index (χ0) is 6.85. The summed E-state index contributed by atoms with van der Waals surface area (Å²) in [5.41, 5.74) is 1.69. The van der Waals surface area contributed by atoms with Gasteiger partial charge in [0.15, 0.2) is 0 Å². The Labute approximate surface area is 108 Å². The quantitative estimate of drug-likeness (QED) is 0.323. The number of hydrogen-bond donors (Lipinski definition) is 0. The van der Waals surface area contributed by atoms with Crippen LogP contribution in [0.4, 0.5) is 0 Å². The van der Waals surface area contributed by atoms with Gasteiger partial charge in [0.1, 0.15) is 0 Å². The third-order valence-electron chi connectivity index (χ3n) is 1.07. The van der Waals surface area contributed by atoms with Gasteiger partial charge in [0.05, 0.1) is 11.4 Å². The molecule has 0 N–H and O–H groups in total. The predicted octanol–water partition coefficient (Wildman–Crippen LogP) is -2.60. The third-order valence-corrected chi connectivity index (χ3v) is 1.25. The number of aromatic nitrogens is 3. The molecule has 0 bridgehead atoms. The standard InChI is InChI=1S/C5H7N3S.K/c1-3-4(2)7-8-5(9)6-3;/h1-2H3,(H,6,8,9);/q;+1/p-1. The Balaban J connectivity index is 0.000000810. The van der Waals surface area contributed by atoms with E-state index in [-0.39, 0.29) is 51.4 Å². The molecule has 0 atom stereocenters. The molecule has 0 amide bonds. The normalized spacial score (nSPS) is 8.60. The second-order valence-corrected chi connectivity index (χ2v) is 2.13. The van der Waals surface area contributed by atoms with Gasteiger partial charge < -0.3 is 12.6 Å². The molecule has 0 aliphatic carbocycles. The van der Waals surface area contributed by atoms with Gasteiger partial charge in [0, 0.05) is 5.16 Å². The molecule has 0 aliphatic rings. The van der Waals surface area contributed by atoms with Crippen molar-refractivity contribution < 1.29 is 51.4 Å². The fourth-order valence-corrected chi connectivity index (χ4v) is 0.615. The van der Waals surface area contributed by atoms with E-state index < -0.39 is 0 Å². The maximum Gasteiger partial charge on any atom is 1.00 e. The summed E-state index contributed by atoms with van der Waals surface area (Å²) >= 11 is 4.67. The van der Waals surface area contributed by atoms with E-state index in [2.05, 4.69) is 27.8 Å². The van der Waals surface area contributed by atoms with Crippen molar-refractivity contribution in [1.82, 2.24) is 15.2 Å². The van der Waals surface area contributed by atoms with Crippen LogP contribution in [-0.2, 0) is 12.6 Å². The molecule has 10 heavy (non-hydrogen) atoms. The van der Waals surface area contributed by atoms with E-state index in [0.29, 0.717) is 5.16 Å². The Morgan fingerprint density at radius 3 is 2.10 bits per heavy atom. The van der Waals surface area contributed by atoms with Crippen molar-refractivity contribution in [2.45, 2.75) is 19.0 Å². The maximum atomic E-state index is 4.67. The molecule has 1 rings (SSSR count). The summed E-state index contributed by atoms with van der Waals surface area (Å²) in [5.74, 6) is 0. The molecule has 0 saturated heterocycles. The molecule has 0 aliphatic heterocycles. The van der Waals surface area contributed by atoms with Crippen molar-refractivity contribution >= 4 is 12.6 Å². The molecule has 0 radical (unpaired) electrons. The summed E-state index contributed by atoms with van der Waals surface area (Å²) in [6, 6.07) is 0. The zero-order valence-corrected chi connectivity index (χ0v) is 10.2. The number of rotatable bonds is 0. The molecule has 0 aromatic carbocycles. The summed E-state index contributed by atoms with van der Waals surface area (Å²) in [7, 11) is 0. The summed E-state index contributed by atoms with van der Waals surface area (Å²) in [4.78, 5) is 3.91. The molecule has 1 aromatic heterocycles.